The van der Waals surface area contributed by atoms with Crippen molar-refractivity contribution in [2.24, 2.45) is 11.5 Å². The maximum atomic E-state index is 14.5. The van der Waals surface area contributed by atoms with Crippen LogP contribution in [0.1, 0.15) is 46.4 Å². The van der Waals surface area contributed by atoms with Gasteiger partial charge in [0.05, 0.1) is 15.9 Å². The Labute approximate surface area is 183 Å². The zero-order valence-electron chi connectivity index (χ0n) is 16.3. The molecule has 1 amide bonds. The minimum Gasteiger partial charge on any atom is -0.364 e. The SMILES string of the molecule is NC(=O)c1nccc2[nH]c(C3CC(F)(F)C[C@@H](N)[C@H]3c3ccc(F)c(F)c3Cl)cc(=O)c12. The second kappa shape index (κ2) is 7.86. The molecule has 5 N–H and O–H groups in total. The van der Waals surface area contributed by atoms with Gasteiger partial charge < -0.3 is 16.5 Å². The number of hydrogen-bond donors (Lipinski definition) is 3. The van der Waals surface area contributed by atoms with Gasteiger partial charge in [0.25, 0.3) is 5.91 Å². The average molecular weight is 469 g/mol. The van der Waals surface area contributed by atoms with Crippen LogP contribution in [0, 0.1) is 11.6 Å². The molecule has 11 heteroatoms. The van der Waals surface area contributed by atoms with Crippen molar-refractivity contribution in [2.45, 2.75) is 36.6 Å². The first-order valence-corrected chi connectivity index (χ1v) is 9.96. The van der Waals surface area contributed by atoms with Crippen molar-refractivity contribution in [2.75, 3.05) is 0 Å². The fraction of sp³-hybridized carbons (Fsp3) is 0.286. The Morgan fingerprint density at radius 1 is 1.22 bits per heavy atom. The molecule has 1 aromatic carbocycles. The van der Waals surface area contributed by atoms with Gasteiger partial charge in [0.2, 0.25) is 5.92 Å². The Hall–Kier alpha value is -2.98. The van der Waals surface area contributed by atoms with Crippen molar-refractivity contribution in [3.63, 3.8) is 0 Å². The molecule has 2 aromatic heterocycles. The second-order valence-corrected chi connectivity index (χ2v) is 8.24. The number of rotatable bonds is 3. The summed E-state index contributed by atoms with van der Waals surface area (Å²) < 4.78 is 56.7. The fourth-order valence-electron chi connectivity index (χ4n) is 4.46. The van der Waals surface area contributed by atoms with E-state index in [9.17, 15) is 27.2 Å². The van der Waals surface area contributed by atoms with Gasteiger partial charge in [0, 0.05) is 48.7 Å². The average Bonchev–Trinajstić information content (AvgIpc) is 2.71. The van der Waals surface area contributed by atoms with Crippen LogP contribution in [0.3, 0.4) is 0 Å². The Morgan fingerprint density at radius 3 is 2.62 bits per heavy atom. The van der Waals surface area contributed by atoms with Crippen LogP contribution in [-0.2, 0) is 0 Å². The lowest BCUT2D eigenvalue weighted by Crippen LogP contribution is -2.45. The maximum Gasteiger partial charge on any atom is 0.268 e. The summed E-state index contributed by atoms with van der Waals surface area (Å²) in [6.07, 6.45) is -0.167. The Morgan fingerprint density at radius 2 is 1.94 bits per heavy atom. The number of nitrogens with zero attached hydrogens (tertiary/aromatic N) is 1. The highest BCUT2D eigenvalue weighted by molar-refractivity contribution is 6.31. The molecule has 0 spiro atoms. The summed E-state index contributed by atoms with van der Waals surface area (Å²) in [5, 5.41) is -0.637. The van der Waals surface area contributed by atoms with Crippen molar-refractivity contribution < 1.29 is 22.4 Å². The highest BCUT2D eigenvalue weighted by atomic mass is 35.5. The van der Waals surface area contributed by atoms with Crippen LogP contribution in [0.25, 0.3) is 10.9 Å². The largest absolute Gasteiger partial charge is 0.364 e. The Kier molecular flexibility index (Phi) is 5.46. The van der Waals surface area contributed by atoms with Crippen LogP contribution in [0.5, 0.6) is 0 Å². The van der Waals surface area contributed by atoms with E-state index in [-0.39, 0.29) is 27.9 Å². The smallest absolute Gasteiger partial charge is 0.268 e. The minimum absolute atomic E-state index is 0.0621. The predicted octanol–water partition coefficient (Wildman–Crippen LogP) is 3.58. The number of nitrogens with two attached hydrogens (primary N) is 2. The summed E-state index contributed by atoms with van der Waals surface area (Å²) in [6.45, 7) is 0. The third kappa shape index (κ3) is 3.73. The van der Waals surface area contributed by atoms with Gasteiger partial charge in [-0.25, -0.2) is 17.6 Å². The van der Waals surface area contributed by atoms with E-state index < -0.39 is 64.6 Å². The summed E-state index contributed by atoms with van der Waals surface area (Å²) in [4.78, 5) is 31.1. The number of benzene rings is 1. The van der Waals surface area contributed by atoms with Gasteiger partial charge in [-0.2, -0.15) is 0 Å². The van der Waals surface area contributed by atoms with Gasteiger partial charge in [-0.15, -0.1) is 0 Å². The molecule has 3 aromatic rings. The lowest BCUT2D eigenvalue weighted by Gasteiger charge is -2.41. The number of halogens is 5. The standard InChI is InChI=1S/C21H17ClF4N4O2/c22-17-8(1-2-10(23)18(17)24)15-9(6-21(25,26)7-11(15)27)13-5-14(31)16-12(30-13)3-4-29-19(16)20(28)32/h1-5,9,11,15H,6-7,27H2,(H2,28,32)(H,30,31)/t9?,11-,15+/m1/s1. The zero-order valence-corrected chi connectivity index (χ0v) is 17.1. The number of pyridine rings is 2. The maximum absolute atomic E-state index is 14.5. The molecule has 3 atom stereocenters. The molecule has 1 unspecified atom stereocenters. The number of fused-ring (bicyclic) bond motifs is 1. The number of amides is 1. The quantitative estimate of drug-likeness (QED) is 0.402. The first kappa shape index (κ1) is 22.2. The van der Waals surface area contributed by atoms with E-state index in [1.807, 2.05) is 0 Å². The van der Waals surface area contributed by atoms with Crippen LogP contribution >= 0.6 is 11.6 Å². The molecular weight excluding hydrogens is 452 g/mol. The number of carbonyl (C=O) groups is 1. The third-order valence-electron chi connectivity index (χ3n) is 5.77. The molecule has 1 aliphatic carbocycles. The zero-order chi connectivity index (χ0) is 23.4. The first-order valence-electron chi connectivity index (χ1n) is 9.58. The number of nitrogens with one attached hydrogen (secondary N) is 1. The topological polar surface area (TPSA) is 115 Å². The highest BCUT2D eigenvalue weighted by Gasteiger charge is 2.48. The molecule has 4 rings (SSSR count). The van der Waals surface area contributed by atoms with Crippen molar-refractivity contribution in [1.29, 1.82) is 0 Å². The van der Waals surface area contributed by atoms with Crippen LogP contribution in [0.15, 0.2) is 35.3 Å². The lowest BCUT2D eigenvalue weighted by atomic mass is 9.69. The molecule has 0 radical (unpaired) electrons. The lowest BCUT2D eigenvalue weighted by molar-refractivity contribution is -0.0531. The number of H-pyrrole nitrogens is 1. The summed E-state index contributed by atoms with van der Waals surface area (Å²) in [7, 11) is 0. The van der Waals surface area contributed by atoms with E-state index in [0.717, 1.165) is 12.1 Å². The number of primary amides is 1. The van der Waals surface area contributed by atoms with Gasteiger partial charge in [0.1, 0.15) is 5.69 Å². The van der Waals surface area contributed by atoms with Crippen LogP contribution in [0.4, 0.5) is 17.6 Å². The third-order valence-corrected chi connectivity index (χ3v) is 6.15. The van der Waals surface area contributed by atoms with E-state index in [1.54, 1.807) is 0 Å². The summed E-state index contributed by atoms with van der Waals surface area (Å²) in [5.41, 5.74) is 10.7. The molecule has 168 valence electrons. The summed E-state index contributed by atoms with van der Waals surface area (Å²) in [5.74, 6) is -8.62. The van der Waals surface area contributed by atoms with E-state index >= 15 is 0 Å². The Balaban J connectivity index is 1.92. The minimum atomic E-state index is -3.17. The van der Waals surface area contributed by atoms with E-state index in [1.165, 1.54) is 18.3 Å². The van der Waals surface area contributed by atoms with Gasteiger partial charge >= 0.3 is 0 Å². The number of alkyl halides is 2. The summed E-state index contributed by atoms with van der Waals surface area (Å²) in [6, 6.07) is 3.35. The van der Waals surface area contributed by atoms with E-state index in [4.69, 9.17) is 23.1 Å². The second-order valence-electron chi connectivity index (χ2n) is 7.86. The molecule has 0 saturated heterocycles. The molecule has 0 bridgehead atoms. The number of aromatic nitrogens is 2. The van der Waals surface area contributed by atoms with Crippen molar-refractivity contribution >= 4 is 28.4 Å². The number of aromatic amines is 1. The fourth-order valence-corrected chi connectivity index (χ4v) is 4.74. The van der Waals surface area contributed by atoms with Crippen molar-refractivity contribution in [1.82, 2.24) is 9.97 Å². The Bertz CT molecular complexity index is 1300. The van der Waals surface area contributed by atoms with Gasteiger partial charge in [-0.3, -0.25) is 14.6 Å². The molecule has 32 heavy (non-hydrogen) atoms. The molecule has 1 aliphatic rings. The normalized spacial score (nSPS) is 22.8. The number of hydrogen-bond acceptors (Lipinski definition) is 4. The van der Waals surface area contributed by atoms with Crippen molar-refractivity contribution in [3.8, 4) is 0 Å². The van der Waals surface area contributed by atoms with Crippen molar-refractivity contribution in [3.05, 3.63) is 74.3 Å². The van der Waals surface area contributed by atoms with Gasteiger partial charge in [-0.05, 0) is 17.7 Å². The van der Waals surface area contributed by atoms with E-state index in [0.29, 0.717) is 0 Å². The molecule has 6 nitrogen and oxygen atoms in total. The molecule has 2 heterocycles. The molecular formula is C21H17ClF4N4O2. The molecule has 1 saturated carbocycles. The first-order chi connectivity index (χ1) is 15.0. The monoisotopic (exact) mass is 468 g/mol. The predicted molar refractivity (Wildman–Crippen MR) is 110 cm³/mol. The highest BCUT2D eigenvalue weighted by Crippen LogP contribution is 2.50. The molecule has 1 fully saturated rings. The summed E-state index contributed by atoms with van der Waals surface area (Å²) >= 11 is 6.01. The van der Waals surface area contributed by atoms with E-state index in [2.05, 4.69) is 9.97 Å². The molecule has 0 aliphatic heterocycles. The van der Waals surface area contributed by atoms with Crippen LogP contribution in [-0.4, -0.2) is 27.8 Å². The van der Waals surface area contributed by atoms with Gasteiger partial charge in [0.15, 0.2) is 17.1 Å². The van der Waals surface area contributed by atoms with Crippen LogP contribution < -0.4 is 16.9 Å². The van der Waals surface area contributed by atoms with Gasteiger partial charge in [-0.1, -0.05) is 17.7 Å². The number of carbonyl (C=O) groups excluding carboxylic acids is 1. The van der Waals surface area contributed by atoms with Crippen LogP contribution in [0.2, 0.25) is 5.02 Å².